The number of nitrogen functional groups attached to an aromatic ring is 2. The van der Waals surface area contributed by atoms with E-state index >= 15 is 0 Å². The first kappa shape index (κ1) is 15.8. The van der Waals surface area contributed by atoms with Crippen molar-refractivity contribution in [2.75, 3.05) is 23.0 Å². The van der Waals surface area contributed by atoms with E-state index < -0.39 is 0 Å². The van der Waals surface area contributed by atoms with E-state index in [1.165, 1.54) is 0 Å². The van der Waals surface area contributed by atoms with Gasteiger partial charge < -0.3 is 11.5 Å². The molecule has 0 aliphatic heterocycles. The first-order valence-electron chi connectivity index (χ1n) is 5.94. The van der Waals surface area contributed by atoms with Gasteiger partial charge in [0.05, 0.1) is 11.4 Å². The summed E-state index contributed by atoms with van der Waals surface area (Å²) in [6, 6.07) is 2.06. The number of hydrogen-bond acceptors (Lipinski definition) is 4. The lowest BCUT2D eigenvalue weighted by atomic mass is 10.1. The van der Waals surface area contributed by atoms with E-state index in [4.69, 9.17) is 11.5 Å². The van der Waals surface area contributed by atoms with Crippen molar-refractivity contribution in [1.29, 1.82) is 0 Å². The van der Waals surface area contributed by atoms with Gasteiger partial charge in [-0.05, 0) is 12.5 Å². The van der Waals surface area contributed by atoms with Gasteiger partial charge >= 0.3 is 0 Å². The second-order valence-electron chi connectivity index (χ2n) is 3.87. The molecule has 0 amide bonds. The molecule has 0 saturated carbocycles. The number of thioether (sulfide) groups is 2. The molecule has 102 valence electrons. The lowest BCUT2D eigenvalue weighted by Gasteiger charge is -2.16. The Bertz CT molecular complexity index is 445. The van der Waals surface area contributed by atoms with E-state index in [1.54, 1.807) is 23.5 Å². The van der Waals surface area contributed by atoms with E-state index in [9.17, 15) is 0 Å². The zero-order valence-corrected chi connectivity index (χ0v) is 12.7. The Morgan fingerprint density at radius 1 is 0.895 bits per heavy atom. The summed E-state index contributed by atoms with van der Waals surface area (Å²) in [6.07, 6.45) is 6.24. The molecule has 0 saturated heterocycles. The molecule has 0 aliphatic rings. The Hall–Kier alpha value is -1.26. The van der Waals surface area contributed by atoms with E-state index in [0.29, 0.717) is 6.42 Å². The molecule has 0 atom stereocenters. The van der Waals surface area contributed by atoms with Gasteiger partial charge in [0.15, 0.2) is 0 Å². The molecule has 0 spiro atoms. The first-order valence-corrected chi connectivity index (χ1v) is 7.91. The highest BCUT2D eigenvalue weighted by molar-refractivity contribution is 8.00. The van der Waals surface area contributed by atoms with Crippen molar-refractivity contribution in [3.05, 3.63) is 49.6 Å². The SMILES string of the molecule is C=CCSc1cc(SCC=C)c(N)c(CC=C)c1N. The molecule has 0 heterocycles. The van der Waals surface area contributed by atoms with Crippen LogP contribution in [0.1, 0.15) is 5.56 Å². The van der Waals surface area contributed by atoms with Crippen molar-refractivity contribution < 1.29 is 0 Å². The van der Waals surface area contributed by atoms with Crippen LogP contribution in [-0.2, 0) is 6.42 Å². The third-order valence-corrected chi connectivity index (χ3v) is 4.61. The topological polar surface area (TPSA) is 52.0 Å². The fraction of sp³-hybridized carbons (Fsp3) is 0.200. The Balaban J connectivity index is 3.22. The Labute approximate surface area is 124 Å². The molecule has 0 unspecified atom stereocenters. The summed E-state index contributed by atoms with van der Waals surface area (Å²) in [5.41, 5.74) is 14.9. The number of allylic oxidation sites excluding steroid dienone is 1. The number of hydrogen-bond donors (Lipinski definition) is 2. The van der Waals surface area contributed by atoms with Gasteiger partial charge in [-0.1, -0.05) is 18.2 Å². The maximum atomic E-state index is 6.20. The molecule has 19 heavy (non-hydrogen) atoms. The Morgan fingerprint density at radius 2 is 1.37 bits per heavy atom. The maximum absolute atomic E-state index is 6.20. The predicted molar refractivity (Wildman–Crippen MR) is 91.0 cm³/mol. The first-order chi connectivity index (χ1) is 9.15. The van der Waals surface area contributed by atoms with Crippen molar-refractivity contribution in [3.63, 3.8) is 0 Å². The number of benzene rings is 1. The van der Waals surface area contributed by atoms with Gasteiger partial charge in [-0.15, -0.1) is 43.3 Å². The molecular weight excluding hydrogens is 272 g/mol. The molecule has 0 bridgehead atoms. The van der Waals surface area contributed by atoms with Crippen LogP contribution in [0, 0.1) is 0 Å². The zero-order chi connectivity index (χ0) is 14.3. The fourth-order valence-corrected chi connectivity index (χ4v) is 3.25. The average molecular weight is 292 g/mol. The molecule has 4 heteroatoms. The van der Waals surface area contributed by atoms with Gasteiger partial charge in [0.25, 0.3) is 0 Å². The van der Waals surface area contributed by atoms with Crippen LogP contribution < -0.4 is 11.5 Å². The smallest absolute Gasteiger partial charge is 0.0509 e. The number of rotatable bonds is 8. The molecule has 1 aromatic rings. The minimum Gasteiger partial charge on any atom is -0.398 e. The van der Waals surface area contributed by atoms with Crippen LogP contribution in [-0.4, -0.2) is 11.5 Å². The summed E-state index contributed by atoms with van der Waals surface area (Å²) in [7, 11) is 0. The molecule has 0 aromatic heterocycles. The summed E-state index contributed by atoms with van der Waals surface area (Å²) in [5, 5.41) is 0. The van der Waals surface area contributed by atoms with Crippen molar-refractivity contribution in [2.45, 2.75) is 16.2 Å². The van der Waals surface area contributed by atoms with Gasteiger partial charge in [-0.25, -0.2) is 0 Å². The third kappa shape index (κ3) is 4.11. The minimum absolute atomic E-state index is 0.682. The molecule has 0 radical (unpaired) electrons. The summed E-state index contributed by atoms with van der Waals surface area (Å²) in [4.78, 5) is 2.11. The molecule has 2 nitrogen and oxygen atoms in total. The monoisotopic (exact) mass is 292 g/mol. The van der Waals surface area contributed by atoms with Gasteiger partial charge in [0.2, 0.25) is 0 Å². The van der Waals surface area contributed by atoms with Crippen LogP contribution in [0.2, 0.25) is 0 Å². The molecule has 0 fully saturated rings. The summed E-state index contributed by atoms with van der Waals surface area (Å²) in [6.45, 7) is 11.2. The quantitative estimate of drug-likeness (QED) is 0.429. The van der Waals surface area contributed by atoms with Gasteiger partial charge in [-0.3, -0.25) is 0 Å². The Kier molecular flexibility index (Phi) is 6.67. The van der Waals surface area contributed by atoms with Crippen LogP contribution in [0.15, 0.2) is 53.8 Å². The van der Waals surface area contributed by atoms with Crippen molar-refractivity contribution in [1.82, 2.24) is 0 Å². The molecule has 0 aliphatic carbocycles. The summed E-state index contributed by atoms with van der Waals surface area (Å²) < 4.78 is 0. The lowest BCUT2D eigenvalue weighted by Crippen LogP contribution is -2.03. The average Bonchev–Trinajstić information content (AvgIpc) is 2.41. The third-order valence-electron chi connectivity index (χ3n) is 2.51. The molecular formula is C15H20N2S2. The van der Waals surface area contributed by atoms with Crippen LogP contribution in [0.25, 0.3) is 0 Å². The highest BCUT2D eigenvalue weighted by Crippen LogP contribution is 2.39. The summed E-state index contributed by atoms with van der Waals surface area (Å²) >= 11 is 3.34. The molecule has 4 N–H and O–H groups in total. The van der Waals surface area contributed by atoms with Crippen molar-refractivity contribution in [3.8, 4) is 0 Å². The van der Waals surface area contributed by atoms with E-state index in [-0.39, 0.29) is 0 Å². The highest BCUT2D eigenvalue weighted by Gasteiger charge is 2.13. The van der Waals surface area contributed by atoms with Crippen LogP contribution in [0.4, 0.5) is 11.4 Å². The van der Waals surface area contributed by atoms with Gasteiger partial charge in [0.1, 0.15) is 0 Å². The van der Waals surface area contributed by atoms with E-state index in [2.05, 4.69) is 25.8 Å². The van der Waals surface area contributed by atoms with E-state index in [1.807, 2.05) is 18.2 Å². The number of nitrogens with two attached hydrogens (primary N) is 2. The minimum atomic E-state index is 0.682. The normalized spacial score (nSPS) is 10.1. The number of anilines is 2. The van der Waals surface area contributed by atoms with Crippen molar-refractivity contribution in [2.24, 2.45) is 0 Å². The summed E-state index contributed by atoms with van der Waals surface area (Å²) in [5.74, 6) is 1.65. The van der Waals surface area contributed by atoms with Crippen LogP contribution >= 0.6 is 23.5 Å². The van der Waals surface area contributed by atoms with Crippen LogP contribution in [0.5, 0.6) is 0 Å². The zero-order valence-electron chi connectivity index (χ0n) is 11.0. The predicted octanol–water partition coefficient (Wildman–Crippen LogP) is 4.14. The van der Waals surface area contributed by atoms with Gasteiger partial charge in [0, 0.05) is 26.9 Å². The fourth-order valence-electron chi connectivity index (χ4n) is 1.62. The van der Waals surface area contributed by atoms with Crippen molar-refractivity contribution >= 4 is 34.9 Å². The van der Waals surface area contributed by atoms with Crippen LogP contribution in [0.3, 0.4) is 0 Å². The van der Waals surface area contributed by atoms with Gasteiger partial charge in [-0.2, -0.15) is 0 Å². The molecule has 1 rings (SSSR count). The largest absolute Gasteiger partial charge is 0.398 e. The second kappa shape index (κ2) is 8.02. The molecule has 1 aromatic carbocycles. The maximum Gasteiger partial charge on any atom is 0.0509 e. The Morgan fingerprint density at radius 3 is 1.74 bits per heavy atom. The van der Waals surface area contributed by atoms with E-state index in [0.717, 1.165) is 38.2 Å². The standard InChI is InChI=1S/C15H20N2S2/c1-4-7-11-14(16)12(18-8-5-2)10-13(15(11)17)19-9-6-3/h4-6,10H,1-3,7-9,16-17H2. The second-order valence-corrected chi connectivity index (χ2v) is 5.99. The highest BCUT2D eigenvalue weighted by atomic mass is 32.2. The lowest BCUT2D eigenvalue weighted by molar-refractivity contribution is 1.20.